The van der Waals surface area contributed by atoms with Crippen LogP contribution < -0.4 is 15.5 Å². The number of nitrogens with zero attached hydrogens (tertiary/aromatic N) is 1. The summed E-state index contributed by atoms with van der Waals surface area (Å²) in [6.07, 6.45) is 0.330. The number of nitrogens with one attached hydrogen (secondary N) is 2. The molecular weight excluding hydrogens is 310 g/mol. The van der Waals surface area contributed by atoms with Crippen molar-refractivity contribution < 1.29 is 19.5 Å². The average molecular weight is 326 g/mol. The van der Waals surface area contributed by atoms with E-state index in [4.69, 9.17) is 16.7 Å². The fourth-order valence-corrected chi connectivity index (χ4v) is 2.31. The number of hydrogen-bond donors (Lipinski definition) is 3. The molecule has 0 saturated carbocycles. The number of benzene rings is 1. The van der Waals surface area contributed by atoms with Gasteiger partial charge >= 0.3 is 12.0 Å². The van der Waals surface area contributed by atoms with Gasteiger partial charge in [0.15, 0.2) is 0 Å². The molecule has 22 heavy (non-hydrogen) atoms. The number of carboxylic acid groups (broad SMARTS) is 1. The smallest absolute Gasteiger partial charge is 0.315 e. The maximum Gasteiger partial charge on any atom is 0.315 e. The zero-order chi connectivity index (χ0) is 16.1. The topological polar surface area (TPSA) is 98.7 Å². The lowest BCUT2D eigenvalue weighted by Gasteiger charge is -2.17. The Bertz CT molecular complexity index is 576. The van der Waals surface area contributed by atoms with Crippen LogP contribution in [0, 0.1) is 0 Å². The highest BCUT2D eigenvalue weighted by Crippen LogP contribution is 2.23. The number of amides is 3. The molecule has 0 bridgehead atoms. The van der Waals surface area contributed by atoms with E-state index >= 15 is 0 Å². The van der Waals surface area contributed by atoms with E-state index in [-0.39, 0.29) is 18.9 Å². The van der Waals surface area contributed by atoms with Gasteiger partial charge in [-0.15, -0.1) is 0 Å². The normalized spacial score (nSPS) is 17.4. The van der Waals surface area contributed by atoms with Gasteiger partial charge in [0.1, 0.15) is 6.04 Å². The maximum absolute atomic E-state index is 12.3. The van der Waals surface area contributed by atoms with Gasteiger partial charge in [0.2, 0.25) is 5.91 Å². The Kier molecular flexibility index (Phi) is 5.21. The van der Waals surface area contributed by atoms with Crippen molar-refractivity contribution in [2.24, 2.45) is 0 Å². The molecule has 7 nitrogen and oxygen atoms in total. The Morgan fingerprint density at radius 2 is 2.00 bits per heavy atom. The van der Waals surface area contributed by atoms with Crippen molar-refractivity contribution >= 4 is 35.2 Å². The van der Waals surface area contributed by atoms with Crippen LogP contribution in [0.3, 0.4) is 0 Å². The largest absolute Gasteiger partial charge is 0.481 e. The third-order valence-corrected chi connectivity index (χ3v) is 3.53. The Balaban J connectivity index is 1.87. The predicted molar refractivity (Wildman–Crippen MR) is 81.0 cm³/mol. The van der Waals surface area contributed by atoms with Crippen LogP contribution in [0.5, 0.6) is 0 Å². The molecule has 1 aromatic carbocycles. The lowest BCUT2D eigenvalue weighted by molar-refractivity contribution is -0.136. The van der Waals surface area contributed by atoms with Crippen molar-refractivity contribution in [2.45, 2.75) is 18.9 Å². The standard InChI is InChI=1S/C14H16ClN3O4/c15-9-1-3-10(4-2-9)18-8-6-11(13(18)21)17-14(22)16-7-5-12(19)20/h1-4,11H,5-8H2,(H,19,20)(H2,16,17,22). The molecule has 1 unspecified atom stereocenters. The number of aliphatic carboxylic acids is 1. The quantitative estimate of drug-likeness (QED) is 0.758. The number of anilines is 1. The van der Waals surface area contributed by atoms with Crippen molar-refractivity contribution in [1.82, 2.24) is 10.6 Å². The van der Waals surface area contributed by atoms with Gasteiger partial charge in [0, 0.05) is 23.8 Å². The zero-order valence-corrected chi connectivity index (χ0v) is 12.5. The highest BCUT2D eigenvalue weighted by Gasteiger charge is 2.33. The first-order chi connectivity index (χ1) is 10.5. The van der Waals surface area contributed by atoms with E-state index in [9.17, 15) is 14.4 Å². The van der Waals surface area contributed by atoms with Crippen molar-refractivity contribution in [1.29, 1.82) is 0 Å². The third kappa shape index (κ3) is 4.11. The van der Waals surface area contributed by atoms with Crippen molar-refractivity contribution in [3.63, 3.8) is 0 Å². The minimum atomic E-state index is -0.994. The summed E-state index contributed by atoms with van der Waals surface area (Å²) in [6.45, 7) is 0.517. The summed E-state index contributed by atoms with van der Waals surface area (Å²) in [5.41, 5.74) is 0.727. The van der Waals surface area contributed by atoms with Gasteiger partial charge in [-0.05, 0) is 30.7 Å². The van der Waals surface area contributed by atoms with Crippen LogP contribution in [0.4, 0.5) is 10.5 Å². The third-order valence-electron chi connectivity index (χ3n) is 3.27. The molecule has 0 aliphatic carbocycles. The van der Waals surface area contributed by atoms with Gasteiger partial charge in [-0.1, -0.05) is 11.6 Å². The molecular formula is C14H16ClN3O4. The van der Waals surface area contributed by atoms with E-state index in [0.29, 0.717) is 18.0 Å². The Morgan fingerprint density at radius 3 is 2.64 bits per heavy atom. The highest BCUT2D eigenvalue weighted by atomic mass is 35.5. The van der Waals surface area contributed by atoms with Crippen LogP contribution in [0.25, 0.3) is 0 Å². The number of urea groups is 1. The van der Waals surface area contributed by atoms with Crippen LogP contribution in [-0.2, 0) is 9.59 Å². The monoisotopic (exact) mass is 325 g/mol. The number of hydrogen-bond acceptors (Lipinski definition) is 3. The number of carbonyl (C=O) groups excluding carboxylic acids is 2. The van der Waals surface area contributed by atoms with Crippen LogP contribution in [0.1, 0.15) is 12.8 Å². The molecule has 1 aromatic rings. The van der Waals surface area contributed by atoms with Crippen LogP contribution >= 0.6 is 11.6 Å². The SMILES string of the molecule is O=C(O)CCNC(=O)NC1CCN(c2ccc(Cl)cc2)C1=O. The van der Waals surface area contributed by atoms with Crippen molar-refractivity contribution in [3.05, 3.63) is 29.3 Å². The van der Waals surface area contributed by atoms with E-state index < -0.39 is 18.0 Å². The zero-order valence-electron chi connectivity index (χ0n) is 11.7. The molecule has 3 N–H and O–H groups in total. The minimum absolute atomic E-state index is 0.0168. The molecule has 2 rings (SSSR count). The number of halogens is 1. The highest BCUT2D eigenvalue weighted by molar-refractivity contribution is 6.30. The molecule has 8 heteroatoms. The van der Waals surface area contributed by atoms with Gasteiger partial charge in [-0.3, -0.25) is 9.59 Å². The van der Waals surface area contributed by atoms with Crippen molar-refractivity contribution in [2.75, 3.05) is 18.0 Å². The second kappa shape index (κ2) is 7.13. The predicted octanol–water partition coefficient (Wildman–Crippen LogP) is 1.22. The second-order valence-corrected chi connectivity index (χ2v) is 5.29. The molecule has 1 aliphatic heterocycles. The van der Waals surface area contributed by atoms with E-state index in [0.717, 1.165) is 5.69 Å². The number of carboxylic acids is 1. The molecule has 1 aliphatic rings. The van der Waals surface area contributed by atoms with E-state index in [1.54, 1.807) is 29.2 Å². The summed E-state index contributed by atoms with van der Waals surface area (Å²) < 4.78 is 0. The first-order valence-corrected chi connectivity index (χ1v) is 7.18. The summed E-state index contributed by atoms with van der Waals surface area (Å²) >= 11 is 5.81. The molecule has 0 radical (unpaired) electrons. The molecule has 1 atom stereocenters. The van der Waals surface area contributed by atoms with E-state index in [1.165, 1.54) is 0 Å². The van der Waals surface area contributed by atoms with E-state index in [1.807, 2.05) is 0 Å². The van der Waals surface area contributed by atoms with Gasteiger partial charge in [0.05, 0.1) is 6.42 Å². The Hall–Kier alpha value is -2.28. The first kappa shape index (κ1) is 16.1. The number of rotatable bonds is 5. The van der Waals surface area contributed by atoms with Crippen LogP contribution in [0.15, 0.2) is 24.3 Å². The fraction of sp³-hybridized carbons (Fsp3) is 0.357. The fourth-order valence-electron chi connectivity index (χ4n) is 2.18. The summed E-state index contributed by atoms with van der Waals surface area (Å²) in [5.74, 6) is -1.19. The van der Waals surface area contributed by atoms with Gasteiger partial charge < -0.3 is 20.6 Å². The Labute approximate surface area is 132 Å². The minimum Gasteiger partial charge on any atom is -0.481 e. The molecule has 3 amide bonds. The molecule has 1 fully saturated rings. The van der Waals surface area contributed by atoms with Gasteiger partial charge in [-0.2, -0.15) is 0 Å². The maximum atomic E-state index is 12.3. The lowest BCUT2D eigenvalue weighted by Crippen LogP contribution is -2.46. The molecule has 0 aromatic heterocycles. The molecule has 0 spiro atoms. The molecule has 1 heterocycles. The number of carbonyl (C=O) groups is 3. The van der Waals surface area contributed by atoms with Gasteiger partial charge in [0.25, 0.3) is 0 Å². The summed E-state index contributed by atoms with van der Waals surface area (Å²) in [6, 6.07) is 5.73. The first-order valence-electron chi connectivity index (χ1n) is 6.80. The summed E-state index contributed by atoms with van der Waals surface area (Å²) in [4.78, 5) is 35.8. The average Bonchev–Trinajstić information content (AvgIpc) is 2.81. The molecule has 1 saturated heterocycles. The van der Waals surface area contributed by atoms with Crippen LogP contribution in [0.2, 0.25) is 5.02 Å². The van der Waals surface area contributed by atoms with Gasteiger partial charge in [-0.25, -0.2) is 4.79 Å². The summed E-state index contributed by atoms with van der Waals surface area (Å²) in [7, 11) is 0. The lowest BCUT2D eigenvalue weighted by atomic mass is 10.2. The van der Waals surface area contributed by atoms with Crippen molar-refractivity contribution in [3.8, 4) is 0 Å². The summed E-state index contributed by atoms with van der Waals surface area (Å²) in [5, 5.41) is 14.0. The van der Waals surface area contributed by atoms with Crippen LogP contribution in [-0.4, -0.2) is 42.1 Å². The molecule has 118 valence electrons. The van der Waals surface area contributed by atoms with E-state index in [2.05, 4.69) is 10.6 Å². The Morgan fingerprint density at radius 1 is 1.32 bits per heavy atom. The second-order valence-electron chi connectivity index (χ2n) is 4.85.